The largest absolute Gasteiger partial charge is 0.445 e. The van der Waals surface area contributed by atoms with E-state index in [0.717, 1.165) is 5.56 Å². The second kappa shape index (κ2) is 12.5. The molecule has 0 radical (unpaired) electrons. The summed E-state index contributed by atoms with van der Waals surface area (Å²) in [5.74, 6) is -1.91. The first-order valence-electron chi connectivity index (χ1n) is 10.8. The molecule has 0 saturated carbocycles. The Morgan fingerprint density at radius 3 is 2.46 bits per heavy atom. The Kier molecular flexibility index (Phi) is 9.14. The molecule has 182 valence electrons. The topological polar surface area (TPSA) is 128 Å². The van der Waals surface area contributed by atoms with Crippen LogP contribution in [0.25, 0.3) is 11.3 Å². The van der Waals surface area contributed by atoms with E-state index in [2.05, 4.69) is 15.6 Å². The fourth-order valence-corrected chi connectivity index (χ4v) is 3.29. The zero-order valence-corrected chi connectivity index (χ0v) is 19.7. The quantitative estimate of drug-likeness (QED) is 0.385. The molecule has 1 heterocycles. The molecule has 0 aliphatic carbocycles. The molecule has 2 amide bonds. The Labute approximate surface area is 206 Å². The van der Waals surface area contributed by atoms with E-state index >= 15 is 0 Å². The molecule has 3 aromatic rings. The molecule has 0 saturated heterocycles. The number of Topliss-reactive ketones (excluding diaryl/α,β-unsaturated/α-hetero) is 2. The number of carbonyl (C=O) groups is 4. The van der Waals surface area contributed by atoms with E-state index in [1.54, 1.807) is 31.2 Å². The number of amides is 2. The van der Waals surface area contributed by atoms with Gasteiger partial charge >= 0.3 is 6.09 Å². The maximum Gasteiger partial charge on any atom is 0.407 e. The van der Waals surface area contributed by atoms with Crippen LogP contribution in [0.3, 0.4) is 0 Å². The summed E-state index contributed by atoms with van der Waals surface area (Å²) in [4.78, 5) is 52.4. The number of hydrogen-bond donors (Lipinski definition) is 2. The van der Waals surface area contributed by atoms with E-state index < -0.39 is 23.7 Å². The van der Waals surface area contributed by atoms with E-state index in [0.29, 0.717) is 16.3 Å². The molecule has 0 bridgehead atoms. The number of hydrogen-bond acceptors (Lipinski definition) is 7. The summed E-state index contributed by atoms with van der Waals surface area (Å²) in [5, 5.41) is 5.29. The summed E-state index contributed by atoms with van der Waals surface area (Å²) in [6, 6.07) is 16.1. The number of benzene rings is 2. The Morgan fingerprint density at radius 1 is 1.00 bits per heavy atom. The first-order valence-corrected chi connectivity index (χ1v) is 11.2. The molecule has 0 unspecified atom stereocenters. The number of nitrogens with one attached hydrogen (secondary N) is 2. The third-order valence-corrected chi connectivity index (χ3v) is 5.26. The maximum atomic E-state index is 12.3. The number of oxazole rings is 1. The van der Waals surface area contributed by atoms with E-state index in [-0.39, 0.29) is 37.8 Å². The van der Waals surface area contributed by atoms with Crippen LogP contribution in [0.15, 0.2) is 65.2 Å². The van der Waals surface area contributed by atoms with Crippen LogP contribution in [0, 0.1) is 5.92 Å². The summed E-state index contributed by atoms with van der Waals surface area (Å²) < 4.78 is 10.5. The van der Waals surface area contributed by atoms with E-state index in [9.17, 15) is 19.2 Å². The van der Waals surface area contributed by atoms with Gasteiger partial charge in [-0.25, -0.2) is 9.78 Å². The average molecular weight is 498 g/mol. The minimum Gasteiger partial charge on any atom is -0.445 e. The third-order valence-electron chi connectivity index (χ3n) is 4.93. The molecule has 0 aliphatic rings. The summed E-state index contributed by atoms with van der Waals surface area (Å²) in [5.41, 5.74) is 1.41. The van der Waals surface area contributed by atoms with Crippen LogP contribution in [0.1, 0.15) is 29.6 Å². The number of rotatable bonds is 11. The third kappa shape index (κ3) is 7.79. The van der Waals surface area contributed by atoms with Crippen molar-refractivity contribution in [3.05, 3.63) is 77.3 Å². The second-order valence-corrected chi connectivity index (χ2v) is 8.12. The molecule has 3 rings (SSSR count). The maximum absolute atomic E-state index is 12.3. The van der Waals surface area contributed by atoms with E-state index in [4.69, 9.17) is 20.8 Å². The smallest absolute Gasteiger partial charge is 0.407 e. The predicted octanol–water partition coefficient (Wildman–Crippen LogP) is 3.82. The highest BCUT2D eigenvalue weighted by atomic mass is 35.5. The Hall–Kier alpha value is -3.98. The minimum absolute atomic E-state index is 0.0815. The van der Waals surface area contributed by atoms with Crippen molar-refractivity contribution < 1.29 is 28.3 Å². The van der Waals surface area contributed by atoms with Gasteiger partial charge in [-0.2, -0.15) is 0 Å². The number of nitrogens with zero attached hydrogens (tertiary/aromatic N) is 1. The fourth-order valence-electron chi connectivity index (χ4n) is 3.06. The Balaban J connectivity index is 1.38. The minimum atomic E-state index is -0.730. The molecule has 9 nitrogen and oxygen atoms in total. The van der Waals surface area contributed by atoms with Gasteiger partial charge in [-0.3, -0.25) is 14.4 Å². The van der Waals surface area contributed by atoms with Crippen molar-refractivity contribution in [3.63, 3.8) is 0 Å². The lowest BCUT2D eigenvalue weighted by atomic mass is 10.0. The molecule has 35 heavy (non-hydrogen) atoms. The van der Waals surface area contributed by atoms with Crippen LogP contribution in [-0.2, 0) is 20.9 Å². The van der Waals surface area contributed by atoms with Crippen LogP contribution in [0.2, 0.25) is 5.02 Å². The number of ether oxygens (including phenoxy) is 1. The molecule has 0 fully saturated rings. The predicted molar refractivity (Wildman–Crippen MR) is 128 cm³/mol. The Morgan fingerprint density at radius 2 is 1.71 bits per heavy atom. The summed E-state index contributed by atoms with van der Waals surface area (Å²) >= 11 is 6.12. The standard InChI is InChI=1S/C25H24ClN3O6/c1-16(11-18(30)12-29-25(33)34-15-17-7-3-2-4-8-17)23(32)27-13-21(31)24-28-14-22(35-24)19-9-5-6-10-20(19)26/h2-10,14,16H,11-13,15H2,1H3,(H,27,32)(H,29,33)/t16-/m1/s1. The zero-order valence-electron chi connectivity index (χ0n) is 19.0. The highest BCUT2D eigenvalue weighted by molar-refractivity contribution is 6.33. The molecule has 10 heteroatoms. The van der Waals surface area contributed by atoms with Crippen LogP contribution in [-0.4, -0.2) is 41.6 Å². The number of alkyl carbamates (subject to hydrolysis) is 1. The van der Waals surface area contributed by atoms with Crippen molar-refractivity contribution in [1.29, 1.82) is 0 Å². The van der Waals surface area contributed by atoms with Gasteiger partial charge in [0.05, 0.1) is 24.3 Å². The van der Waals surface area contributed by atoms with Gasteiger partial charge in [0.15, 0.2) is 11.5 Å². The lowest BCUT2D eigenvalue weighted by Crippen LogP contribution is -2.36. The van der Waals surface area contributed by atoms with Crippen LogP contribution in [0.5, 0.6) is 0 Å². The zero-order chi connectivity index (χ0) is 25.2. The molecule has 1 atom stereocenters. The van der Waals surface area contributed by atoms with Gasteiger partial charge in [-0.05, 0) is 17.7 Å². The lowest BCUT2D eigenvalue weighted by molar-refractivity contribution is -0.128. The highest BCUT2D eigenvalue weighted by Crippen LogP contribution is 2.27. The number of carbonyl (C=O) groups excluding carboxylic acids is 4. The molecular weight excluding hydrogens is 474 g/mol. The first kappa shape index (κ1) is 25.6. The van der Waals surface area contributed by atoms with Crippen LogP contribution < -0.4 is 10.6 Å². The molecule has 0 spiro atoms. The summed E-state index contributed by atoms with van der Waals surface area (Å²) in [6.45, 7) is 1.01. The molecule has 2 aromatic carbocycles. The highest BCUT2D eigenvalue weighted by Gasteiger charge is 2.20. The fraction of sp³-hybridized carbons (Fsp3) is 0.240. The van der Waals surface area contributed by atoms with E-state index in [1.165, 1.54) is 6.20 Å². The molecule has 2 N–H and O–H groups in total. The van der Waals surface area contributed by atoms with Crippen molar-refractivity contribution in [2.45, 2.75) is 20.0 Å². The van der Waals surface area contributed by atoms with Gasteiger partial charge in [0.25, 0.3) is 5.89 Å². The molecular formula is C25H24ClN3O6. The first-order chi connectivity index (χ1) is 16.8. The lowest BCUT2D eigenvalue weighted by Gasteiger charge is -2.11. The average Bonchev–Trinajstić information content (AvgIpc) is 3.35. The van der Waals surface area contributed by atoms with Gasteiger partial charge in [-0.15, -0.1) is 0 Å². The van der Waals surface area contributed by atoms with Crippen LogP contribution >= 0.6 is 11.6 Å². The summed E-state index contributed by atoms with van der Waals surface area (Å²) in [6.07, 6.45) is 0.538. The monoisotopic (exact) mass is 497 g/mol. The molecule has 0 aliphatic heterocycles. The van der Waals surface area contributed by atoms with Gasteiger partial charge < -0.3 is 19.8 Å². The van der Waals surface area contributed by atoms with Crippen molar-refractivity contribution in [2.24, 2.45) is 5.92 Å². The normalized spacial score (nSPS) is 11.4. The number of ketones is 2. The van der Waals surface area contributed by atoms with E-state index in [1.807, 2.05) is 30.3 Å². The summed E-state index contributed by atoms with van der Waals surface area (Å²) in [7, 11) is 0. The van der Waals surface area contributed by atoms with Crippen molar-refractivity contribution in [2.75, 3.05) is 13.1 Å². The van der Waals surface area contributed by atoms with Gasteiger partial charge in [-0.1, -0.05) is 61.0 Å². The SMILES string of the molecule is C[C@H](CC(=O)CNC(=O)OCc1ccccc1)C(=O)NCC(=O)c1ncc(-c2ccccc2Cl)o1. The van der Waals surface area contributed by atoms with Crippen molar-refractivity contribution in [3.8, 4) is 11.3 Å². The molecule has 1 aromatic heterocycles. The van der Waals surface area contributed by atoms with Crippen LogP contribution in [0.4, 0.5) is 4.79 Å². The number of halogens is 1. The van der Waals surface area contributed by atoms with Gasteiger partial charge in [0.1, 0.15) is 6.61 Å². The second-order valence-electron chi connectivity index (χ2n) is 7.71. The number of aromatic nitrogens is 1. The Bertz CT molecular complexity index is 1190. The van der Waals surface area contributed by atoms with Crippen molar-refractivity contribution >= 4 is 35.2 Å². The van der Waals surface area contributed by atoms with Gasteiger partial charge in [0, 0.05) is 17.9 Å². The van der Waals surface area contributed by atoms with Gasteiger partial charge in [0.2, 0.25) is 11.7 Å². The van der Waals surface area contributed by atoms with Crippen molar-refractivity contribution in [1.82, 2.24) is 15.6 Å².